The Morgan fingerprint density at radius 2 is 1.90 bits per heavy atom. The first-order chi connectivity index (χ1) is 14.0. The summed E-state index contributed by atoms with van der Waals surface area (Å²) in [4.78, 5) is 31.2. The number of imide groups is 1. The third kappa shape index (κ3) is 2.90. The Morgan fingerprint density at radius 3 is 2.72 bits per heavy atom. The summed E-state index contributed by atoms with van der Waals surface area (Å²) >= 11 is 0. The van der Waals surface area contributed by atoms with E-state index in [9.17, 15) is 9.59 Å². The largest absolute Gasteiger partial charge is 0.337 e. The highest BCUT2D eigenvalue weighted by Gasteiger charge is 2.49. The highest BCUT2D eigenvalue weighted by molar-refractivity contribution is 6.07. The molecule has 1 aliphatic heterocycles. The Balaban J connectivity index is 1.39. The monoisotopic (exact) mass is 388 g/mol. The van der Waals surface area contributed by atoms with Gasteiger partial charge in [0.1, 0.15) is 12.1 Å². The maximum atomic E-state index is 13.2. The summed E-state index contributed by atoms with van der Waals surface area (Å²) < 4.78 is 5.28. The van der Waals surface area contributed by atoms with Crippen LogP contribution < -0.4 is 5.32 Å². The normalized spacial score (nSPS) is 20.8. The number of aromatic nitrogens is 2. The molecule has 0 bridgehead atoms. The van der Waals surface area contributed by atoms with Crippen molar-refractivity contribution in [3.8, 4) is 11.4 Å². The minimum absolute atomic E-state index is 0.0645. The molecule has 0 radical (unpaired) electrons. The first-order valence-corrected chi connectivity index (χ1v) is 9.69. The van der Waals surface area contributed by atoms with Crippen molar-refractivity contribution in [3.63, 3.8) is 0 Å². The molecule has 2 aromatic carbocycles. The van der Waals surface area contributed by atoms with E-state index in [1.165, 1.54) is 11.1 Å². The molecular formula is C22H20N4O3. The molecule has 3 amide bonds. The van der Waals surface area contributed by atoms with Crippen molar-refractivity contribution in [1.82, 2.24) is 20.4 Å². The molecule has 1 N–H and O–H groups in total. The van der Waals surface area contributed by atoms with Gasteiger partial charge in [0.15, 0.2) is 0 Å². The second kappa shape index (κ2) is 6.55. The van der Waals surface area contributed by atoms with Crippen molar-refractivity contribution in [1.29, 1.82) is 0 Å². The van der Waals surface area contributed by atoms with Crippen LogP contribution >= 0.6 is 0 Å². The summed E-state index contributed by atoms with van der Waals surface area (Å²) in [6, 6.07) is 15.0. The Hall–Kier alpha value is -3.48. The van der Waals surface area contributed by atoms with Gasteiger partial charge < -0.3 is 9.84 Å². The molecule has 0 spiro atoms. The van der Waals surface area contributed by atoms with Crippen LogP contribution in [0.2, 0.25) is 0 Å². The molecule has 7 nitrogen and oxygen atoms in total. The van der Waals surface area contributed by atoms with Crippen molar-refractivity contribution in [2.24, 2.45) is 0 Å². The van der Waals surface area contributed by atoms with E-state index in [1.54, 1.807) is 6.92 Å². The van der Waals surface area contributed by atoms with Crippen molar-refractivity contribution in [2.75, 3.05) is 0 Å². The first-order valence-electron chi connectivity index (χ1n) is 9.69. The predicted molar refractivity (Wildman–Crippen MR) is 105 cm³/mol. The molecule has 2 aliphatic rings. The number of nitrogens with zero attached hydrogens (tertiary/aromatic N) is 3. The number of carbonyl (C=O) groups is 2. The van der Waals surface area contributed by atoms with Gasteiger partial charge in [0, 0.05) is 5.56 Å². The van der Waals surface area contributed by atoms with Gasteiger partial charge >= 0.3 is 6.03 Å². The van der Waals surface area contributed by atoms with Crippen molar-refractivity contribution in [2.45, 2.75) is 38.3 Å². The van der Waals surface area contributed by atoms with E-state index < -0.39 is 11.6 Å². The van der Waals surface area contributed by atoms with Crippen molar-refractivity contribution in [3.05, 3.63) is 71.1 Å². The molecule has 0 saturated carbocycles. The number of urea groups is 1. The summed E-state index contributed by atoms with van der Waals surface area (Å²) in [7, 11) is 0. The molecule has 7 heteroatoms. The fourth-order valence-electron chi connectivity index (χ4n) is 4.08. The lowest BCUT2D eigenvalue weighted by Crippen LogP contribution is -2.41. The van der Waals surface area contributed by atoms with Gasteiger partial charge in [0.05, 0.1) is 0 Å². The predicted octanol–water partition coefficient (Wildman–Crippen LogP) is 3.19. The van der Waals surface area contributed by atoms with Crippen molar-refractivity contribution < 1.29 is 14.1 Å². The molecule has 1 aromatic heterocycles. The van der Waals surface area contributed by atoms with Crippen LogP contribution in [-0.4, -0.2) is 27.0 Å². The zero-order valence-electron chi connectivity index (χ0n) is 16.0. The van der Waals surface area contributed by atoms with E-state index in [0.29, 0.717) is 5.82 Å². The molecule has 1 atom stereocenters. The van der Waals surface area contributed by atoms with Crippen LogP contribution in [0.15, 0.2) is 53.1 Å². The zero-order chi connectivity index (χ0) is 20.0. The van der Waals surface area contributed by atoms with E-state index in [0.717, 1.165) is 35.3 Å². The third-order valence-corrected chi connectivity index (χ3v) is 5.74. The van der Waals surface area contributed by atoms with Crippen LogP contribution in [0.3, 0.4) is 0 Å². The number of hydrogen-bond acceptors (Lipinski definition) is 5. The molecular weight excluding hydrogens is 368 g/mol. The molecule has 2 heterocycles. The van der Waals surface area contributed by atoms with Crippen LogP contribution in [0.4, 0.5) is 4.79 Å². The lowest BCUT2D eigenvalue weighted by Gasteiger charge is -2.22. The summed E-state index contributed by atoms with van der Waals surface area (Å²) in [6.07, 6.45) is 3.21. The third-order valence-electron chi connectivity index (χ3n) is 5.74. The van der Waals surface area contributed by atoms with Gasteiger partial charge in [-0.15, -0.1) is 0 Å². The Labute approximate surface area is 167 Å². The topological polar surface area (TPSA) is 88.3 Å². The Bertz CT molecular complexity index is 1110. The zero-order valence-corrected chi connectivity index (χ0v) is 16.0. The minimum atomic E-state index is -1.10. The maximum Gasteiger partial charge on any atom is 0.325 e. The molecule has 1 saturated heterocycles. The number of amides is 3. The van der Waals surface area contributed by atoms with Gasteiger partial charge in [0.25, 0.3) is 5.91 Å². The first kappa shape index (κ1) is 17.6. The standard InChI is InChI=1S/C22H20N4O3/c1-22(17-11-10-14-8-5-9-16(14)12-17)20(27)26(21(28)24-22)13-18-23-19(25-29-18)15-6-3-2-4-7-15/h2-4,6-7,10-12H,5,8-9,13H2,1H3,(H,24,28). The van der Waals surface area contributed by atoms with Crippen LogP contribution in [-0.2, 0) is 29.7 Å². The molecule has 3 aromatic rings. The Morgan fingerprint density at radius 1 is 1.10 bits per heavy atom. The number of fused-ring (bicyclic) bond motifs is 1. The minimum Gasteiger partial charge on any atom is -0.337 e. The average molecular weight is 388 g/mol. The summed E-state index contributed by atoms with van der Waals surface area (Å²) in [6.45, 7) is 1.68. The van der Waals surface area contributed by atoms with Gasteiger partial charge in [-0.2, -0.15) is 4.98 Å². The van der Waals surface area contributed by atoms with E-state index >= 15 is 0 Å². The van der Waals surface area contributed by atoms with Gasteiger partial charge in [-0.05, 0) is 42.9 Å². The lowest BCUT2D eigenvalue weighted by molar-refractivity contribution is -0.131. The van der Waals surface area contributed by atoms with Crippen molar-refractivity contribution >= 4 is 11.9 Å². The van der Waals surface area contributed by atoms with Crippen LogP contribution in [0.5, 0.6) is 0 Å². The second-order valence-electron chi connectivity index (χ2n) is 7.66. The van der Waals surface area contributed by atoms with Gasteiger partial charge in [-0.1, -0.05) is 53.7 Å². The number of aryl methyl sites for hydroxylation is 2. The summed E-state index contributed by atoms with van der Waals surface area (Å²) in [5, 5.41) is 6.80. The van der Waals surface area contributed by atoms with Gasteiger partial charge in [-0.3, -0.25) is 9.69 Å². The van der Waals surface area contributed by atoms with E-state index in [4.69, 9.17) is 4.52 Å². The molecule has 1 fully saturated rings. The molecule has 146 valence electrons. The van der Waals surface area contributed by atoms with E-state index in [1.807, 2.05) is 42.5 Å². The summed E-state index contributed by atoms with van der Waals surface area (Å²) in [5.41, 5.74) is 3.09. The molecule has 1 unspecified atom stereocenters. The molecule has 29 heavy (non-hydrogen) atoms. The van der Waals surface area contributed by atoms with Crippen LogP contribution in [0, 0.1) is 0 Å². The lowest BCUT2D eigenvalue weighted by atomic mass is 9.90. The highest BCUT2D eigenvalue weighted by Crippen LogP contribution is 2.33. The van der Waals surface area contributed by atoms with E-state index in [-0.39, 0.29) is 18.3 Å². The maximum absolute atomic E-state index is 13.2. The quantitative estimate of drug-likeness (QED) is 0.694. The highest BCUT2D eigenvalue weighted by atomic mass is 16.5. The molecule has 1 aliphatic carbocycles. The van der Waals surface area contributed by atoms with Crippen LogP contribution in [0.1, 0.15) is 35.9 Å². The number of carbonyl (C=O) groups excluding carboxylic acids is 2. The fourth-order valence-corrected chi connectivity index (χ4v) is 4.08. The number of rotatable bonds is 4. The SMILES string of the molecule is CC1(c2ccc3c(c2)CCC3)NC(=O)N(Cc2nc(-c3ccccc3)no2)C1=O. The summed E-state index contributed by atoms with van der Waals surface area (Å²) in [5.74, 6) is 0.319. The van der Waals surface area contributed by atoms with Gasteiger partial charge in [0.2, 0.25) is 11.7 Å². The van der Waals surface area contributed by atoms with E-state index in [2.05, 4.69) is 21.5 Å². The van der Waals surface area contributed by atoms with Gasteiger partial charge in [-0.25, -0.2) is 4.79 Å². The fraction of sp³-hybridized carbons (Fsp3) is 0.273. The number of benzene rings is 2. The Kier molecular flexibility index (Phi) is 3.97. The molecule has 5 rings (SSSR count). The number of nitrogens with one attached hydrogen (secondary N) is 1. The average Bonchev–Trinajstić information content (AvgIpc) is 3.44. The smallest absolute Gasteiger partial charge is 0.325 e. The number of hydrogen-bond donors (Lipinski definition) is 1. The second-order valence-corrected chi connectivity index (χ2v) is 7.66. The van der Waals surface area contributed by atoms with Crippen LogP contribution in [0.25, 0.3) is 11.4 Å².